The second-order valence-corrected chi connectivity index (χ2v) is 8.57. The maximum Gasteiger partial charge on any atom is 0.337 e. The van der Waals surface area contributed by atoms with Gasteiger partial charge in [-0.05, 0) is 39.0 Å². The lowest BCUT2D eigenvalue weighted by molar-refractivity contribution is -0.113. The fourth-order valence-corrected chi connectivity index (χ4v) is 2.46. The molecule has 0 saturated heterocycles. The van der Waals surface area contributed by atoms with E-state index in [0.717, 1.165) is 0 Å². The summed E-state index contributed by atoms with van der Waals surface area (Å²) in [6.45, 7) is 4.52. The van der Waals surface area contributed by atoms with Crippen molar-refractivity contribution in [3.63, 3.8) is 0 Å². The lowest BCUT2D eigenvalue weighted by Gasteiger charge is -2.18. The summed E-state index contributed by atoms with van der Waals surface area (Å²) in [7, 11) is -3.59. The first-order valence-electron chi connectivity index (χ1n) is 5.99. The van der Waals surface area contributed by atoms with Gasteiger partial charge in [-0.1, -0.05) is 11.6 Å². The van der Waals surface area contributed by atoms with E-state index >= 15 is 0 Å². The SMILES string of the molecule is CC(C)(C)S(=O)(=O)CC(=O)Nc1ccc(C(=O)O)c(Cl)c1. The van der Waals surface area contributed by atoms with Crippen LogP contribution in [0.3, 0.4) is 0 Å². The normalized spacial score (nSPS) is 12.0. The number of rotatable bonds is 4. The van der Waals surface area contributed by atoms with Crippen molar-refractivity contribution in [1.82, 2.24) is 0 Å². The number of aromatic carboxylic acids is 1. The van der Waals surface area contributed by atoms with Crippen molar-refractivity contribution < 1.29 is 23.1 Å². The van der Waals surface area contributed by atoms with E-state index in [1.807, 2.05) is 0 Å². The zero-order chi connectivity index (χ0) is 16.4. The fourth-order valence-electron chi connectivity index (χ4n) is 1.35. The molecule has 8 heteroatoms. The molecule has 0 atom stereocenters. The first kappa shape index (κ1) is 17.5. The molecular weight excluding hydrogens is 318 g/mol. The molecule has 1 rings (SSSR count). The number of carboxylic acid groups (broad SMARTS) is 1. The van der Waals surface area contributed by atoms with Crippen molar-refractivity contribution in [1.29, 1.82) is 0 Å². The van der Waals surface area contributed by atoms with Crippen LogP contribution in [-0.2, 0) is 14.6 Å². The molecule has 6 nitrogen and oxygen atoms in total. The number of halogens is 1. The smallest absolute Gasteiger partial charge is 0.337 e. The molecule has 0 fully saturated rings. The average molecular weight is 334 g/mol. The third-order valence-corrected chi connectivity index (χ3v) is 5.56. The molecule has 0 radical (unpaired) electrons. The van der Waals surface area contributed by atoms with Crippen LogP contribution in [0.1, 0.15) is 31.1 Å². The van der Waals surface area contributed by atoms with Crippen LogP contribution in [0, 0.1) is 0 Å². The van der Waals surface area contributed by atoms with E-state index in [0.29, 0.717) is 0 Å². The van der Waals surface area contributed by atoms with Crippen molar-refractivity contribution >= 4 is 39.0 Å². The number of carbonyl (C=O) groups is 2. The minimum absolute atomic E-state index is 0.0426. The molecule has 0 aromatic heterocycles. The molecule has 0 aliphatic rings. The van der Waals surface area contributed by atoms with Gasteiger partial charge in [-0.2, -0.15) is 0 Å². The molecule has 116 valence electrons. The Morgan fingerprint density at radius 3 is 2.29 bits per heavy atom. The number of anilines is 1. The number of sulfone groups is 1. The van der Waals surface area contributed by atoms with Gasteiger partial charge in [0.25, 0.3) is 0 Å². The van der Waals surface area contributed by atoms with Crippen LogP contribution >= 0.6 is 11.6 Å². The maximum absolute atomic E-state index is 11.9. The summed E-state index contributed by atoms with van der Waals surface area (Å²) in [5.41, 5.74) is 0.135. The molecule has 0 unspecified atom stereocenters. The van der Waals surface area contributed by atoms with Crippen molar-refractivity contribution in [2.75, 3.05) is 11.1 Å². The topological polar surface area (TPSA) is 101 Å². The summed E-state index contributed by atoms with van der Waals surface area (Å²) in [5.74, 6) is -2.55. The van der Waals surface area contributed by atoms with Gasteiger partial charge in [0, 0.05) is 5.69 Å². The number of hydrogen-bond acceptors (Lipinski definition) is 4. The van der Waals surface area contributed by atoms with Crippen molar-refractivity contribution in [2.24, 2.45) is 0 Å². The summed E-state index contributed by atoms with van der Waals surface area (Å²) in [6, 6.07) is 3.84. The van der Waals surface area contributed by atoms with E-state index < -0.39 is 32.2 Å². The van der Waals surface area contributed by atoms with E-state index in [1.54, 1.807) is 0 Å². The van der Waals surface area contributed by atoms with Crippen molar-refractivity contribution in [2.45, 2.75) is 25.5 Å². The van der Waals surface area contributed by atoms with Gasteiger partial charge in [-0.15, -0.1) is 0 Å². The monoisotopic (exact) mass is 333 g/mol. The third kappa shape index (κ3) is 4.44. The molecule has 1 amide bonds. The van der Waals surface area contributed by atoms with Crippen molar-refractivity contribution in [3.8, 4) is 0 Å². The van der Waals surface area contributed by atoms with E-state index in [4.69, 9.17) is 16.7 Å². The van der Waals surface area contributed by atoms with Crippen LogP contribution in [0.2, 0.25) is 5.02 Å². The van der Waals surface area contributed by atoms with Crippen LogP contribution in [0.15, 0.2) is 18.2 Å². The number of carboxylic acids is 1. The highest BCUT2D eigenvalue weighted by molar-refractivity contribution is 7.93. The molecular formula is C13H16ClNO5S. The number of benzene rings is 1. The van der Waals surface area contributed by atoms with Gasteiger partial charge in [0.05, 0.1) is 15.3 Å². The lowest BCUT2D eigenvalue weighted by Crippen LogP contribution is -2.35. The summed E-state index contributed by atoms with van der Waals surface area (Å²) in [6.07, 6.45) is 0. The maximum atomic E-state index is 11.9. The Kier molecular flexibility index (Phi) is 5.01. The van der Waals surface area contributed by atoms with Gasteiger partial charge in [0.15, 0.2) is 9.84 Å². The molecule has 1 aromatic rings. The predicted octanol–water partition coefficient (Wildman–Crippen LogP) is 2.19. The van der Waals surface area contributed by atoms with Crippen LogP contribution < -0.4 is 5.32 Å². The van der Waals surface area contributed by atoms with Crippen LogP contribution in [0.4, 0.5) is 5.69 Å². The Hall–Kier alpha value is -1.60. The van der Waals surface area contributed by atoms with Crippen LogP contribution in [0.5, 0.6) is 0 Å². The number of nitrogens with one attached hydrogen (secondary N) is 1. The minimum Gasteiger partial charge on any atom is -0.478 e. The molecule has 21 heavy (non-hydrogen) atoms. The standard InChI is InChI=1S/C13H16ClNO5S/c1-13(2,3)21(19,20)7-11(16)15-8-4-5-9(12(17)18)10(14)6-8/h4-6H,7H2,1-3H3,(H,15,16)(H,17,18). The van der Waals surface area contributed by atoms with Gasteiger partial charge in [0.2, 0.25) is 5.91 Å². The third-order valence-electron chi connectivity index (χ3n) is 2.74. The van der Waals surface area contributed by atoms with Gasteiger partial charge in [-0.25, -0.2) is 13.2 Å². The molecule has 0 spiro atoms. The Bertz CT molecular complexity index is 676. The Morgan fingerprint density at radius 2 is 1.86 bits per heavy atom. The van der Waals surface area contributed by atoms with E-state index in [1.165, 1.54) is 39.0 Å². The highest BCUT2D eigenvalue weighted by atomic mass is 35.5. The molecule has 0 aliphatic carbocycles. The van der Waals surface area contributed by atoms with E-state index in [9.17, 15) is 18.0 Å². The molecule has 2 N–H and O–H groups in total. The molecule has 0 saturated carbocycles. The zero-order valence-corrected chi connectivity index (χ0v) is 13.4. The van der Waals surface area contributed by atoms with Crippen LogP contribution in [-0.4, -0.2) is 35.9 Å². The molecule has 0 aliphatic heterocycles. The zero-order valence-electron chi connectivity index (χ0n) is 11.8. The van der Waals surface area contributed by atoms with E-state index in [-0.39, 0.29) is 16.3 Å². The number of hydrogen-bond donors (Lipinski definition) is 2. The second kappa shape index (κ2) is 6.03. The average Bonchev–Trinajstić information content (AvgIpc) is 2.25. The Balaban J connectivity index is 2.86. The minimum atomic E-state index is -3.59. The Morgan fingerprint density at radius 1 is 1.29 bits per heavy atom. The van der Waals surface area contributed by atoms with Gasteiger partial charge < -0.3 is 10.4 Å². The lowest BCUT2D eigenvalue weighted by atomic mass is 10.2. The number of carbonyl (C=O) groups excluding carboxylic acids is 1. The summed E-state index contributed by atoms with van der Waals surface area (Å²) in [4.78, 5) is 22.6. The largest absolute Gasteiger partial charge is 0.478 e. The highest BCUT2D eigenvalue weighted by Gasteiger charge is 2.31. The van der Waals surface area contributed by atoms with Gasteiger partial charge >= 0.3 is 5.97 Å². The highest BCUT2D eigenvalue weighted by Crippen LogP contribution is 2.21. The second-order valence-electron chi connectivity index (χ2n) is 5.42. The van der Waals surface area contributed by atoms with E-state index in [2.05, 4.69) is 5.32 Å². The summed E-state index contributed by atoms with van der Waals surface area (Å²) < 4.78 is 22.8. The first-order valence-corrected chi connectivity index (χ1v) is 8.02. The van der Waals surface area contributed by atoms with Crippen LogP contribution in [0.25, 0.3) is 0 Å². The predicted molar refractivity (Wildman–Crippen MR) is 80.6 cm³/mol. The molecule has 1 aromatic carbocycles. The summed E-state index contributed by atoms with van der Waals surface area (Å²) >= 11 is 5.76. The van der Waals surface area contributed by atoms with Gasteiger partial charge in [0.1, 0.15) is 5.75 Å². The van der Waals surface area contributed by atoms with Gasteiger partial charge in [-0.3, -0.25) is 4.79 Å². The molecule has 0 bridgehead atoms. The number of amides is 1. The molecule has 0 heterocycles. The quantitative estimate of drug-likeness (QED) is 0.879. The summed E-state index contributed by atoms with van der Waals surface area (Å²) in [5, 5.41) is 11.2. The van der Waals surface area contributed by atoms with Crippen molar-refractivity contribution in [3.05, 3.63) is 28.8 Å². The Labute approximate surface area is 128 Å². The fraction of sp³-hybridized carbons (Fsp3) is 0.385. The first-order chi connectivity index (χ1) is 9.44.